The van der Waals surface area contributed by atoms with Gasteiger partial charge in [0.05, 0.1) is 9.82 Å². The van der Waals surface area contributed by atoms with E-state index in [1.165, 1.54) is 16.4 Å². The van der Waals surface area contributed by atoms with Crippen molar-refractivity contribution in [3.63, 3.8) is 0 Å². The molecule has 9 heteroatoms. The highest BCUT2D eigenvalue weighted by Crippen LogP contribution is 2.32. The van der Waals surface area contributed by atoms with E-state index in [0.29, 0.717) is 37.8 Å². The SMILES string of the molecule is CCN(CC)S(=O)(=O)c1ccc(N2CCN(CC(C)C)CC2)c([N+](=O)[O-])c1. The number of piperazine rings is 1. The normalized spacial score (nSPS) is 16.3. The van der Waals surface area contributed by atoms with Crippen LogP contribution in [0.1, 0.15) is 27.7 Å². The van der Waals surface area contributed by atoms with Gasteiger partial charge in [-0.25, -0.2) is 8.42 Å². The zero-order chi connectivity index (χ0) is 20.2. The van der Waals surface area contributed by atoms with Gasteiger partial charge in [0.2, 0.25) is 10.0 Å². The van der Waals surface area contributed by atoms with Crippen LogP contribution in [-0.2, 0) is 10.0 Å². The molecule has 0 bridgehead atoms. The van der Waals surface area contributed by atoms with Crippen molar-refractivity contribution in [1.29, 1.82) is 0 Å². The minimum absolute atomic E-state index is 0.0277. The molecular formula is C18H30N4O4S. The van der Waals surface area contributed by atoms with Crippen molar-refractivity contribution in [3.05, 3.63) is 28.3 Å². The summed E-state index contributed by atoms with van der Waals surface area (Å²) in [5, 5.41) is 11.6. The van der Waals surface area contributed by atoms with E-state index in [9.17, 15) is 18.5 Å². The number of hydrogen-bond acceptors (Lipinski definition) is 6. The number of sulfonamides is 1. The molecule has 1 aromatic carbocycles. The lowest BCUT2D eigenvalue weighted by molar-refractivity contribution is -0.384. The first-order chi connectivity index (χ1) is 12.7. The summed E-state index contributed by atoms with van der Waals surface area (Å²) in [7, 11) is -3.72. The standard InChI is InChI=1S/C18H30N4O4S/c1-5-21(6-2)27(25,26)16-7-8-17(18(13-16)22(23)24)20-11-9-19(10-12-20)14-15(3)4/h7-8,13,15H,5-6,9-12,14H2,1-4H3. The van der Waals surface area contributed by atoms with Crippen molar-refractivity contribution in [2.45, 2.75) is 32.6 Å². The largest absolute Gasteiger partial charge is 0.363 e. The fourth-order valence-corrected chi connectivity index (χ4v) is 4.96. The second kappa shape index (κ2) is 8.99. The van der Waals surface area contributed by atoms with Gasteiger partial charge in [-0.3, -0.25) is 15.0 Å². The predicted octanol–water partition coefficient (Wildman–Crippen LogP) is 2.40. The Bertz CT molecular complexity index is 755. The van der Waals surface area contributed by atoms with Crippen LogP contribution in [0.2, 0.25) is 0 Å². The fourth-order valence-electron chi connectivity index (χ4n) is 3.48. The van der Waals surface area contributed by atoms with E-state index in [0.717, 1.165) is 19.6 Å². The number of hydrogen-bond donors (Lipinski definition) is 0. The number of nitro benzene ring substituents is 1. The minimum Gasteiger partial charge on any atom is -0.363 e. The molecular weight excluding hydrogens is 368 g/mol. The Morgan fingerprint density at radius 1 is 1.15 bits per heavy atom. The fraction of sp³-hybridized carbons (Fsp3) is 0.667. The van der Waals surface area contributed by atoms with Crippen LogP contribution < -0.4 is 4.90 Å². The molecule has 0 amide bonds. The maximum atomic E-state index is 12.7. The third kappa shape index (κ3) is 4.97. The van der Waals surface area contributed by atoms with Crippen LogP contribution in [0.15, 0.2) is 23.1 Å². The van der Waals surface area contributed by atoms with Crippen LogP contribution in [0.4, 0.5) is 11.4 Å². The number of nitrogens with zero attached hydrogens (tertiary/aromatic N) is 4. The number of anilines is 1. The number of benzene rings is 1. The molecule has 8 nitrogen and oxygen atoms in total. The molecule has 0 aliphatic carbocycles. The molecule has 0 N–H and O–H groups in total. The molecule has 0 atom stereocenters. The molecule has 1 heterocycles. The summed E-state index contributed by atoms with van der Waals surface area (Å²) in [4.78, 5) is 15.4. The monoisotopic (exact) mass is 398 g/mol. The van der Waals surface area contributed by atoms with Gasteiger partial charge >= 0.3 is 0 Å². The summed E-state index contributed by atoms with van der Waals surface area (Å²) >= 11 is 0. The number of rotatable bonds is 8. The Morgan fingerprint density at radius 3 is 2.22 bits per heavy atom. The van der Waals surface area contributed by atoms with Gasteiger partial charge < -0.3 is 4.90 Å². The first-order valence-corrected chi connectivity index (χ1v) is 10.9. The number of nitro groups is 1. The Kier molecular flexibility index (Phi) is 7.19. The van der Waals surface area contributed by atoms with Crippen molar-refractivity contribution in [2.75, 3.05) is 50.7 Å². The summed E-state index contributed by atoms with van der Waals surface area (Å²) in [6.07, 6.45) is 0. The Balaban J connectivity index is 2.28. The van der Waals surface area contributed by atoms with E-state index < -0.39 is 14.9 Å². The van der Waals surface area contributed by atoms with Crippen molar-refractivity contribution >= 4 is 21.4 Å². The van der Waals surface area contributed by atoms with E-state index >= 15 is 0 Å². The third-order valence-electron chi connectivity index (χ3n) is 4.82. The molecule has 1 saturated heterocycles. The molecule has 0 aromatic heterocycles. The van der Waals surface area contributed by atoms with Crippen LogP contribution in [0, 0.1) is 16.0 Å². The van der Waals surface area contributed by atoms with Crippen molar-refractivity contribution in [2.24, 2.45) is 5.92 Å². The van der Waals surface area contributed by atoms with E-state index in [-0.39, 0.29) is 10.6 Å². The Hall–Kier alpha value is -1.71. The first-order valence-electron chi connectivity index (χ1n) is 9.46. The smallest absolute Gasteiger partial charge is 0.293 e. The van der Waals surface area contributed by atoms with Crippen LogP contribution in [-0.4, -0.2) is 68.4 Å². The van der Waals surface area contributed by atoms with Gasteiger partial charge in [0.25, 0.3) is 5.69 Å². The minimum atomic E-state index is -3.72. The topological polar surface area (TPSA) is 87.0 Å². The van der Waals surface area contributed by atoms with Crippen molar-refractivity contribution in [1.82, 2.24) is 9.21 Å². The quantitative estimate of drug-likeness (QED) is 0.494. The van der Waals surface area contributed by atoms with Crippen molar-refractivity contribution < 1.29 is 13.3 Å². The van der Waals surface area contributed by atoms with E-state index in [2.05, 4.69) is 18.7 Å². The molecule has 27 heavy (non-hydrogen) atoms. The predicted molar refractivity (Wildman–Crippen MR) is 107 cm³/mol. The highest BCUT2D eigenvalue weighted by Gasteiger charge is 2.28. The summed E-state index contributed by atoms with van der Waals surface area (Å²) in [6.45, 7) is 12.6. The summed E-state index contributed by atoms with van der Waals surface area (Å²) in [5.74, 6) is 0.579. The molecule has 0 radical (unpaired) electrons. The van der Waals surface area contributed by atoms with Crippen LogP contribution >= 0.6 is 0 Å². The zero-order valence-corrected chi connectivity index (χ0v) is 17.4. The van der Waals surface area contributed by atoms with Gasteiger partial charge in [-0.05, 0) is 18.1 Å². The summed E-state index contributed by atoms with van der Waals surface area (Å²) < 4.78 is 26.7. The molecule has 1 fully saturated rings. The Labute approximate surface area is 161 Å². The molecule has 2 rings (SSSR count). The lowest BCUT2D eigenvalue weighted by atomic mass is 10.1. The second-order valence-electron chi connectivity index (χ2n) is 7.18. The molecule has 0 spiro atoms. The lowest BCUT2D eigenvalue weighted by Gasteiger charge is -2.36. The van der Waals surface area contributed by atoms with Gasteiger partial charge in [-0.1, -0.05) is 27.7 Å². The summed E-state index contributed by atoms with van der Waals surface area (Å²) in [5.41, 5.74) is 0.336. The average molecular weight is 399 g/mol. The van der Waals surface area contributed by atoms with Gasteiger partial charge in [0, 0.05) is 51.9 Å². The van der Waals surface area contributed by atoms with Crippen LogP contribution in [0.25, 0.3) is 0 Å². The average Bonchev–Trinajstić information content (AvgIpc) is 2.62. The van der Waals surface area contributed by atoms with E-state index in [1.807, 2.05) is 4.90 Å². The molecule has 0 unspecified atom stereocenters. The maximum absolute atomic E-state index is 12.7. The van der Waals surface area contributed by atoms with E-state index in [4.69, 9.17) is 0 Å². The van der Waals surface area contributed by atoms with Gasteiger partial charge in [0.15, 0.2) is 0 Å². The highest BCUT2D eigenvalue weighted by atomic mass is 32.2. The van der Waals surface area contributed by atoms with Gasteiger partial charge in [-0.2, -0.15) is 4.31 Å². The molecule has 0 saturated carbocycles. The lowest BCUT2D eigenvalue weighted by Crippen LogP contribution is -2.47. The maximum Gasteiger partial charge on any atom is 0.293 e. The van der Waals surface area contributed by atoms with Gasteiger partial charge in [0.1, 0.15) is 5.69 Å². The molecule has 1 aliphatic rings. The highest BCUT2D eigenvalue weighted by molar-refractivity contribution is 7.89. The van der Waals surface area contributed by atoms with Crippen molar-refractivity contribution in [3.8, 4) is 0 Å². The third-order valence-corrected chi connectivity index (χ3v) is 6.87. The Morgan fingerprint density at radius 2 is 1.74 bits per heavy atom. The van der Waals surface area contributed by atoms with Crippen LogP contribution in [0.5, 0.6) is 0 Å². The molecule has 1 aliphatic heterocycles. The summed E-state index contributed by atoms with van der Waals surface area (Å²) in [6, 6.07) is 4.26. The van der Waals surface area contributed by atoms with Crippen LogP contribution in [0.3, 0.4) is 0 Å². The first kappa shape index (κ1) is 21.6. The zero-order valence-electron chi connectivity index (χ0n) is 16.6. The molecule has 1 aromatic rings. The van der Waals surface area contributed by atoms with Gasteiger partial charge in [-0.15, -0.1) is 0 Å². The second-order valence-corrected chi connectivity index (χ2v) is 9.12. The molecule has 152 valence electrons. The van der Waals surface area contributed by atoms with E-state index in [1.54, 1.807) is 19.9 Å².